The number of hydrogen-bond acceptors (Lipinski definition) is 5. The Morgan fingerprint density at radius 1 is 1.00 bits per heavy atom. The monoisotopic (exact) mass is 312 g/mol. The molecule has 0 amide bonds. The summed E-state index contributed by atoms with van der Waals surface area (Å²) in [6.45, 7) is 2.34. The molecule has 0 fully saturated rings. The minimum absolute atomic E-state index is 0.00947. The molecule has 0 atom stereocenters. The maximum atomic E-state index is 12.6. The normalized spacial score (nSPS) is 12.7. The summed E-state index contributed by atoms with van der Waals surface area (Å²) < 4.78 is 5.42. The van der Waals surface area contributed by atoms with Gasteiger partial charge < -0.3 is 14.9 Å². The third-order valence-corrected chi connectivity index (χ3v) is 3.87. The molecule has 3 rings (SSSR count). The van der Waals surface area contributed by atoms with Gasteiger partial charge >= 0.3 is 0 Å². The topological polar surface area (TPSA) is 83.8 Å². The van der Waals surface area contributed by atoms with Crippen LogP contribution in [0.15, 0.2) is 30.3 Å². The number of carbonyl (C=O) groups excluding carboxylic acids is 2. The Morgan fingerprint density at radius 3 is 2.22 bits per heavy atom. The zero-order chi connectivity index (χ0) is 16.6. The van der Waals surface area contributed by atoms with Crippen molar-refractivity contribution >= 4 is 11.6 Å². The maximum Gasteiger partial charge on any atom is 0.198 e. The van der Waals surface area contributed by atoms with E-state index in [0.717, 1.165) is 12.8 Å². The Bertz CT molecular complexity index is 807. The summed E-state index contributed by atoms with van der Waals surface area (Å²) >= 11 is 0. The van der Waals surface area contributed by atoms with E-state index in [0.29, 0.717) is 6.61 Å². The molecule has 0 aliphatic heterocycles. The minimum atomic E-state index is -0.496. The fourth-order valence-electron chi connectivity index (χ4n) is 2.67. The van der Waals surface area contributed by atoms with E-state index in [1.807, 2.05) is 6.92 Å². The number of carbonyl (C=O) groups is 2. The van der Waals surface area contributed by atoms with Crippen molar-refractivity contribution in [1.82, 2.24) is 0 Å². The molecule has 1 aliphatic carbocycles. The number of rotatable bonds is 4. The molecule has 2 aromatic carbocycles. The third-order valence-electron chi connectivity index (χ3n) is 3.87. The summed E-state index contributed by atoms with van der Waals surface area (Å²) in [7, 11) is 0. The van der Waals surface area contributed by atoms with Gasteiger partial charge in [-0.1, -0.05) is 37.6 Å². The Balaban J connectivity index is 2.15. The lowest BCUT2D eigenvalue weighted by Crippen LogP contribution is -2.21. The van der Waals surface area contributed by atoms with Gasteiger partial charge in [-0.05, 0) is 6.42 Å². The molecular weight excluding hydrogens is 296 g/mol. The fraction of sp³-hybridized carbons (Fsp3) is 0.222. The summed E-state index contributed by atoms with van der Waals surface area (Å²) in [5.41, 5.74) is 0.0685. The smallest absolute Gasteiger partial charge is 0.198 e. The predicted molar refractivity (Wildman–Crippen MR) is 83.5 cm³/mol. The molecule has 0 bridgehead atoms. The van der Waals surface area contributed by atoms with E-state index in [9.17, 15) is 19.8 Å². The van der Waals surface area contributed by atoms with Crippen molar-refractivity contribution in [1.29, 1.82) is 0 Å². The molecule has 0 heterocycles. The summed E-state index contributed by atoms with van der Waals surface area (Å²) in [6.07, 6.45) is 1.68. The first-order valence-electron chi connectivity index (χ1n) is 7.46. The highest BCUT2D eigenvalue weighted by Gasteiger charge is 2.35. The molecule has 2 aromatic rings. The Labute approximate surface area is 133 Å². The van der Waals surface area contributed by atoms with Crippen LogP contribution in [0.2, 0.25) is 0 Å². The van der Waals surface area contributed by atoms with Crippen molar-refractivity contribution in [2.75, 3.05) is 6.61 Å². The second-order valence-electron chi connectivity index (χ2n) is 5.40. The van der Waals surface area contributed by atoms with Crippen LogP contribution in [-0.4, -0.2) is 28.4 Å². The first-order valence-corrected chi connectivity index (χ1v) is 7.46. The van der Waals surface area contributed by atoms with Gasteiger partial charge in [-0.3, -0.25) is 9.59 Å². The summed E-state index contributed by atoms with van der Waals surface area (Å²) in [6, 6.07) is 7.53. The van der Waals surface area contributed by atoms with Crippen LogP contribution in [0.5, 0.6) is 17.2 Å². The molecule has 0 spiro atoms. The molecule has 118 valence electrons. The Kier molecular flexibility index (Phi) is 3.78. The lowest BCUT2D eigenvalue weighted by Gasteiger charge is -2.21. The largest absolute Gasteiger partial charge is 0.507 e. The lowest BCUT2D eigenvalue weighted by atomic mass is 9.83. The van der Waals surface area contributed by atoms with Gasteiger partial charge in [-0.25, -0.2) is 0 Å². The lowest BCUT2D eigenvalue weighted by molar-refractivity contribution is 0.0973. The molecule has 23 heavy (non-hydrogen) atoms. The molecule has 0 unspecified atom stereocenters. The van der Waals surface area contributed by atoms with Crippen molar-refractivity contribution < 1.29 is 24.5 Å². The average Bonchev–Trinajstić information content (AvgIpc) is 2.55. The zero-order valence-corrected chi connectivity index (χ0v) is 12.6. The zero-order valence-electron chi connectivity index (χ0n) is 12.6. The predicted octanol–water partition coefficient (Wildman–Crippen LogP) is 3.05. The Hall–Kier alpha value is -2.82. The minimum Gasteiger partial charge on any atom is -0.507 e. The van der Waals surface area contributed by atoms with Gasteiger partial charge in [0.05, 0.1) is 17.7 Å². The van der Waals surface area contributed by atoms with Crippen LogP contribution < -0.4 is 4.74 Å². The van der Waals surface area contributed by atoms with Crippen molar-refractivity contribution in [2.45, 2.75) is 19.8 Å². The van der Waals surface area contributed by atoms with E-state index >= 15 is 0 Å². The van der Waals surface area contributed by atoms with Crippen molar-refractivity contribution in [2.24, 2.45) is 0 Å². The molecule has 2 N–H and O–H groups in total. The molecule has 1 aliphatic rings. The number of phenolic OH excluding ortho intramolecular Hbond substituents is 2. The van der Waals surface area contributed by atoms with Crippen LogP contribution in [0.25, 0.3) is 0 Å². The van der Waals surface area contributed by atoms with Crippen molar-refractivity contribution in [3.8, 4) is 17.2 Å². The van der Waals surface area contributed by atoms with Gasteiger partial charge in [-0.2, -0.15) is 0 Å². The number of ketones is 2. The number of benzene rings is 2. The quantitative estimate of drug-likeness (QED) is 0.571. The van der Waals surface area contributed by atoms with E-state index in [2.05, 4.69) is 0 Å². The molecule has 0 radical (unpaired) electrons. The molecule has 0 saturated carbocycles. The number of phenols is 2. The second kappa shape index (κ2) is 5.76. The number of fused-ring (bicyclic) bond motifs is 2. The highest BCUT2D eigenvalue weighted by Crippen LogP contribution is 2.43. The summed E-state index contributed by atoms with van der Waals surface area (Å²) in [5.74, 6) is -1.74. The summed E-state index contributed by atoms with van der Waals surface area (Å²) in [5, 5.41) is 20.5. The molecule has 0 aromatic heterocycles. The Morgan fingerprint density at radius 2 is 1.61 bits per heavy atom. The number of unbranched alkanes of at least 4 members (excludes halogenated alkanes) is 1. The molecule has 5 nitrogen and oxygen atoms in total. The average molecular weight is 312 g/mol. The van der Waals surface area contributed by atoms with Gasteiger partial charge in [0.2, 0.25) is 0 Å². The van der Waals surface area contributed by atoms with Gasteiger partial charge in [0.15, 0.2) is 23.1 Å². The van der Waals surface area contributed by atoms with Gasteiger partial charge in [0.25, 0.3) is 0 Å². The fourth-order valence-corrected chi connectivity index (χ4v) is 2.67. The van der Waals surface area contributed by atoms with Gasteiger partial charge in [0, 0.05) is 17.2 Å². The highest BCUT2D eigenvalue weighted by atomic mass is 16.5. The van der Waals surface area contributed by atoms with Crippen LogP contribution in [0.4, 0.5) is 0 Å². The number of aromatic hydroxyl groups is 2. The molecular formula is C18H16O5. The third kappa shape index (κ3) is 2.34. The molecule has 0 saturated heterocycles. The van der Waals surface area contributed by atoms with Crippen LogP contribution >= 0.6 is 0 Å². The highest BCUT2D eigenvalue weighted by molar-refractivity contribution is 6.30. The number of ether oxygens (including phenoxy) is 1. The van der Waals surface area contributed by atoms with Crippen molar-refractivity contribution in [3.63, 3.8) is 0 Å². The van der Waals surface area contributed by atoms with Crippen LogP contribution in [0.1, 0.15) is 51.6 Å². The van der Waals surface area contributed by atoms with Crippen LogP contribution in [0, 0.1) is 0 Å². The summed E-state index contributed by atoms with van der Waals surface area (Å²) in [4.78, 5) is 25.2. The first kappa shape index (κ1) is 15.1. The van der Waals surface area contributed by atoms with E-state index in [4.69, 9.17) is 4.74 Å². The van der Waals surface area contributed by atoms with Gasteiger partial charge in [-0.15, -0.1) is 0 Å². The van der Waals surface area contributed by atoms with E-state index < -0.39 is 17.3 Å². The second-order valence-corrected chi connectivity index (χ2v) is 5.40. The maximum absolute atomic E-state index is 12.6. The van der Waals surface area contributed by atoms with Crippen LogP contribution in [0.3, 0.4) is 0 Å². The first-order chi connectivity index (χ1) is 11.1. The SMILES string of the molecule is CCCCOc1cc(O)c2c(c1O)C(=O)c1ccccc1C2=O. The van der Waals surface area contributed by atoms with Crippen molar-refractivity contribution in [3.05, 3.63) is 52.6 Å². The van der Waals surface area contributed by atoms with E-state index in [1.54, 1.807) is 12.1 Å². The standard InChI is InChI=1S/C18H16O5/c1-2-3-8-23-13-9-12(19)14-15(18(13)22)17(21)11-7-5-4-6-10(11)16(14)20/h4-7,9,19,22H,2-3,8H2,1H3. The number of hydrogen-bond donors (Lipinski definition) is 2. The van der Waals surface area contributed by atoms with Gasteiger partial charge in [0.1, 0.15) is 5.75 Å². The van der Waals surface area contributed by atoms with E-state index in [-0.39, 0.29) is 33.8 Å². The van der Waals surface area contributed by atoms with Crippen LogP contribution in [-0.2, 0) is 0 Å². The van der Waals surface area contributed by atoms with E-state index in [1.165, 1.54) is 18.2 Å². The molecule has 5 heteroatoms.